The minimum Gasteiger partial charge on any atom is -0.338 e. The van der Waals surface area contributed by atoms with Gasteiger partial charge in [0.05, 0.1) is 6.04 Å². The summed E-state index contributed by atoms with van der Waals surface area (Å²) in [6.45, 7) is 7.62. The summed E-state index contributed by atoms with van der Waals surface area (Å²) in [7, 11) is 2.03. The van der Waals surface area contributed by atoms with Crippen LogP contribution in [0.25, 0.3) is 0 Å². The van der Waals surface area contributed by atoms with E-state index in [1.807, 2.05) is 14.0 Å². The van der Waals surface area contributed by atoms with E-state index in [-0.39, 0.29) is 6.04 Å². The molecule has 1 saturated heterocycles. The van der Waals surface area contributed by atoms with Gasteiger partial charge in [-0.3, -0.25) is 4.90 Å². The van der Waals surface area contributed by atoms with Crippen LogP contribution in [0.1, 0.15) is 50.9 Å². The standard InChI is InChI=1S/C14H26N4O/c1-4-13-16-14(19-17-13)11(2)18-9-6-12(7-10-18)5-8-15-3/h11-12,15H,4-10H2,1-3H3. The smallest absolute Gasteiger partial charge is 0.243 e. The molecule has 1 atom stereocenters. The van der Waals surface area contributed by atoms with Gasteiger partial charge < -0.3 is 9.84 Å². The lowest BCUT2D eigenvalue weighted by Crippen LogP contribution is -2.36. The third kappa shape index (κ3) is 3.76. The fraction of sp³-hybridized carbons (Fsp3) is 0.857. The Balaban J connectivity index is 1.83. The van der Waals surface area contributed by atoms with Crippen LogP contribution < -0.4 is 5.32 Å². The monoisotopic (exact) mass is 266 g/mol. The van der Waals surface area contributed by atoms with E-state index < -0.39 is 0 Å². The van der Waals surface area contributed by atoms with Gasteiger partial charge in [0.2, 0.25) is 5.89 Å². The lowest BCUT2D eigenvalue weighted by atomic mass is 9.93. The average molecular weight is 266 g/mol. The second kappa shape index (κ2) is 7.01. The van der Waals surface area contributed by atoms with Gasteiger partial charge in [0.1, 0.15) is 0 Å². The molecule has 1 aromatic heterocycles. The third-order valence-electron chi connectivity index (χ3n) is 4.16. The zero-order valence-electron chi connectivity index (χ0n) is 12.4. The first-order valence-corrected chi connectivity index (χ1v) is 7.45. The van der Waals surface area contributed by atoms with Gasteiger partial charge in [-0.05, 0) is 58.8 Å². The number of piperidine rings is 1. The maximum absolute atomic E-state index is 5.35. The molecule has 0 spiro atoms. The highest BCUT2D eigenvalue weighted by molar-refractivity contribution is 4.93. The van der Waals surface area contributed by atoms with E-state index in [1.54, 1.807) is 0 Å². The fourth-order valence-corrected chi connectivity index (χ4v) is 2.71. The maximum atomic E-state index is 5.35. The largest absolute Gasteiger partial charge is 0.338 e. The van der Waals surface area contributed by atoms with E-state index in [4.69, 9.17) is 4.52 Å². The van der Waals surface area contributed by atoms with E-state index in [2.05, 4.69) is 27.3 Å². The van der Waals surface area contributed by atoms with Crippen molar-refractivity contribution in [3.05, 3.63) is 11.7 Å². The molecule has 0 amide bonds. The van der Waals surface area contributed by atoms with Gasteiger partial charge in [-0.15, -0.1) is 0 Å². The van der Waals surface area contributed by atoms with Gasteiger partial charge in [0.25, 0.3) is 0 Å². The van der Waals surface area contributed by atoms with Crippen molar-refractivity contribution in [3.8, 4) is 0 Å². The quantitative estimate of drug-likeness (QED) is 0.853. The van der Waals surface area contributed by atoms with Gasteiger partial charge in [-0.25, -0.2) is 0 Å². The van der Waals surface area contributed by atoms with Crippen LogP contribution in [0.2, 0.25) is 0 Å². The fourth-order valence-electron chi connectivity index (χ4n) is 2.71. The van der Waals surface area contributed by atoms with Crippen LogP contribution in [0.15, 0.2) is 4.52 Å². The van der Waals surface area contributed by atoms with Crippen molar-refractivity contribution in [2.24, 2.45) is 5.92 Å². The highest BCUT2D eigenvalue weighted by atomic mass is 16.5. The first kappa shape index (κ1) is 14.5. The highest BCUT2D eigenvalue weighted by Crippen LogP contribution is 2.27. The van der Waals surface area contributed by atoms with Crippen molar-refractivity contribution in [1.82, 2.24) is 20.4 Å². The molecule has 108 valence electrons. The summed E-state index contributed by atoms with van der Waals surface area (Å²) < 4.78 is 5.35. The second-order valence-corrected chi connectivity index (χ2v) is 5.45. The molecular weight excluding hydrogens is 240 g/mol. The summed E-state index contributed by atoms with van der Waals surface area (Å²) in [4.78, 5) is 6.90. The Hall–Kier alpha value is -0.940. The number of aryl methyl sites for hydroxylation is 1. The van der Waals surface area contributed by atoms with Crippen molar-refractivity contribution >= 4 is 0 Å². The van der Waals surface area contributed by atoms with Crippen LogP contribution in [0, 0.1) is 5.92 Å². The maximum Gasteiger partial charge on any atom is 0.243 e. The molecule has 2 rings (SSSR count). The molecule has 1 fully saturated rings. The molecule has 5 nitrogen and oxygen atoms in total. The molecule has 1 aromatic rings. The van der Waals surface area contributed by atoms with Crippen LogP contribution in [-0.4, -0.2) is 41.7 Å². The van der Waals surface area contributed by atoms with Crippen LogP contribution in [-0.2, 0) is 6.42 Å². The predicted molar refractivity (Wildman–Crippen MR) is 74.9 cm³/mol. The number of rotatable bonds is 6. The molecule has 1 unspecified atom stereocenters. The predicted octanol–water partition coefficient (Wildman–Crippen LogP) is 2.01. The Morgan fingerprint density at radius 1 is 1.42 bits per heavy atom. The summed E-state index contributed by atoms with van der Waals surface area (Å²) in [5.74, 6) is 2.45. The number of hydrogen-bond donors (Lipinski definition) is 1. The van der Waals surface area contributed by atoms with Crippen molar-refractivity contribution in [2.45, 2.75) is 45.6 Å². The Kier molecular flexibility index (Phi) is 5.34. The van der Waals surface area contributed by atoms with Crippen molar-refractivity contribution in [2.75, 3.05) is 26.7 Å². The minimum absolute atomic E-state index is 0.248. The van der Waals surface area contributed by atoms with Gasteiger partial charge in [0, 0.05) is 6.42 Å². The molecule has 0 saturated carbocycles. The van der Waals surface area contributed by atoms with Crippen LogP contribution >= 0.6 is 0 Å². The molecule has 0 bridgehead atoms. The lowest BCUT2D eigenvalue weighted by molar-refractivity contribution is 0.117. The molecular formula is C14H26N4O. The van der Waals surface area contributed by atoms with Crippen molar-refractivity contribution in [3.63, 3.8) is 0 Å². The van der Waals surface area contributed by atoms with E-state index >= 15 is 0 Å². The van der Waals surface area contributed by atoms with Crippen LogP contribution in [0.3, 0.4) is 0 Å². The van der Waals surface area contributed by atoms with E-state index in [9.17, 15) is 0 Å². The normalized spacial score (nSPS) is 19.7. The Bertz CT molecular complexity index is 371. The molecule has 1 aliphatic heterocycles. The minimum atomic E-state index is 0.248. The number of hydrogen-bond acceptors (Lipinski definition) is 5. The molecule has 0 aliphatic carbocycles. The Labute approximate surface area is 115 Å². The summed E-state index contributed by atoms with van der Waals surface area (Å²) in [5, 5.41) is 7.22. The zero-order valence-corrected chi connectivity index (χ0v) is 12.4. The second-order valence-electron chi connectivity index (χ2n) is 5.45. The van der Waals surface area contributed by atoms with Gasteiger partial charge in [-0.1, -0.05) is 12.1 Å². The summed E-state index contributed by atoms with van der Waals surface area (Å²) in [5.41, 5.74) is 0. The number of aromatic nitrogens is 2. The average Bonchev–Trinajstić information content (AvgIpc) is 2.94. The molecule has 2 heterocycles. The molecule has 0 radical (unpaired) electrons. The third-order valence-corrected chi connectivity index (χ3v) is 4.16. The van der Waals surface area contributed by atoms with E-state index in [0.29, 0.717) is 0 Å². The van der Waals surface area contributed by atoms with Gasteiger partial charge in [0.15, 0.2) is 5.82 Å². The Morgan fingerprint density at radius 3 is 2.74 bits per heavy atom. The van der Waals surface area contributed by atoms with Gasteiger partial charge >= 0.3 is 0 Å². The number of likely N-dealkylation sites (tertiary alicyclic amines) is 1. The molecule has 0 aromatic carbocycles. The zero-order chi connectivity index (χ0) is 13.7. The summed E-state index contributed by atoms with van der Waals surface area (Å²) in [6, 6.07) is 0.248. The summed E-state index contributed by atoms with van der Waals surface area (Å²) in [6.07, 6.45) is 4.68. The van der Waals surface area contributed by atoms with Crippen LogP contribution in [0.4, 0.5) is 0 Å². The van der Waals surface area contributed by atoms with Gasteiger partial charge in [-0.2, -0.15) is 4.98 Å². The van der Waals surface area contributed by atoms with E-state index in [1.165, 1.54) is 19.3 Å². The lowest BCUT2D eigenvalue weighted by Gasteiger charge is -2.34. The van der Waals surface area contributed by atoms with Crippen molar-refractivity contribution in [1.29, 1.82) is 0 Å². The SMILES string of the molecule is CCc1noc(C(C)N2CCC(CCNC)CC2)n1. The van der Waals surface area contributed by atoms with E-state index in [0.717, 1.165) is 43.7 Å². The highest BCUT2D eigenvalue weighted by Gasteiger charge is 2.26. The Morgan fingerprint density at radius 2 is 2.16 bits per heavy atom. The number of nitrogens with one attached hydrogen (secondary N) is 1. The molecule has 1 N–H and O–H groups in total. The first-order valence-electron chi connectivity index (χ1n) is 7.45. The summed E-state index contributed by atoms with van der Waals surface area (Å²) >= 11 is 0. The molecule has 1 aliphatic rings. The van der Waals surface area contributed by atoms with Crippen molar-refractivity contribution < 1.29 is 4.52 Å². The van der Waals surface area contributed by atoms with Crippen LogP contribution in [0.5, 0.6) is 0 Å². The molecule has 5 heteroatoms. The number of nitrogens with zero attached hydrogens (tertiary/aromatic N) is 3. The molecule has 19 heavy (non-hydrogen) atoms. The topological polar surface area (TPSA) is 54.2 Å². The first-order chi connectivity index (χ1) is 9.24.